The molecule has 126 valence electrons. The third-order valence-electron chi connectivity index (χ3n) is 3.51. The van der Waals surface area contributed by atoms with E-state index in [9.17, 15) is 27.0 Å². The normalized spacial score (nSPS) is 12.8. The zero-order chi connectivity index (χ0) is 17.9. The van der Waals surface area contributed by atoms with Crippen molar-refractivity contribution in [3.63, 3.8) is 0 Å². The van der Waals surface area contributed by atoms with Gasteiger partial charge in [-0.25, -0.2) is 16.8 Å². The molecule has 0 atom stereocenters. The Labute approximate surface area is 145 Å². The molecule has 0 aliphatic rings. The fourth-order valence-electron chi connectivity index (χ4n) is 2.51. The maximum absolute atomic E-state index is 11.7. The summed E-state index contributed by atoms with van der Waals surface area (Å²) >= 11 is 0. The first-order chi connectivity index (χ1) is 11.0. The zero-order valence-electron chi connectivity index (χ0n) is 11.6. The van der Waals surface area contributed by atoms with E-state index < -0.39 is 33.6 Å². The van der Waals surface area contributed by atoms with E-state index in [0.717, 1.165) is 6.07 Å². The van der Waals surface area contributed by atoms with Crippen molar-refractivity contribution in [3.8, 4) is 11.5 Å². The Morgan fingerprint density at radius 1 is 0.792 bits per heavy atom. The molecule has 24 heavy (non-hydrogen) atoms. The van der Waals surface area contributed by atoms with Crippen LogP contribution in [0.25, 0.3) is 21.5 Å². The minimum Gasteiger partial charge on any atom is -0.507 e. The predicted molar refractivity (Wildman–Crippen MR) is 90.9 cm³/mol. The number of phenolic OH excluding ortho intramolecular Hbond substituents is 2. The largest absolute Gasteiger partial charge is 0.507 e. The highest BCUT2D eigenvalue weighted by Crippen LogP contribution is 2.42. The lowest BCUT2D eigenvalue weighted by Crippen LogP contribution is -2.02. The molecule has 0 saturated carbocycles. The van der Waals surface area contributed by atoms with Gasteiger partial charge in [-0.1, -0.05) is 12.1 Å². The van der Waals surface area contributed by atoms with Gasteiger partial charge in [0.2, 0.25) is 0 Å². The van der Waals surface area contributed by atoms with E-state index in [1.165, 1.54) is 18.2 Å². The van der Waals surface area contributed by atoms with Crippen LogP contribution in [0, 0.1) is 0 Å². The second-order valence-electron chi connectivity index (χ2n) is 5.00. The average Bonchev–Trinajstić information content (AvgIpc) is 2.43. The fourth-order valence-corrected chi connectivity index (χ4v) is 5.51. The van der Waals surface area contributed by atoms with Crippen LogP contribution in [0.2, 0.25) is 0 Å². The molecular weight excluding hydrogens is 399 g/mol. The predicted octanol–water partition coefficient (Wildman–Crippen LogP) is 3.26. The van der Waals surface area contributed by atoms with E-state index in [4.69, 9.17) is 21.4 Å². The molecule has 3 aromatic carbocycles. The average molecular weight is 407 g/mol. The number of rotatable bonds is 2. The molecule has 10 heteroatoms. The maximum Gasteiger partial charge on any atom is 0.266 e. The molecule has 0 unspecified atom stereocenters. The summed E-state index contributed by atoms with van der Waals surface area (Å²) in [5.74, 6) is -0.940. The van der Waals surface area contributed by atoms with Crippen LogP contribution in [0.5, 0.6) is 11.5 Å². The first-order valence-corrected chi connectivity index (χ1v) is 10.9. The van der Waals surface area contributed by atoms with Crippen molar-refractivity contribution >= 4 is 61.0 Å². The Morgan fingerprint density at radius 2 is 1.46 bits per heavy atom. The molecule has 0 aromatic heterocycles. The number of hydrogen-bond acceptors (Lipinski definition) is 6. The third-order valence-corrected chi connectivity index (χ3v) is 6.35. The summed E-state index contributed by atoms with van der Waals surface area (Å²) < 4.78 is 46.9. The SMILES string of the molecule is O=S(=O)(Cl)c1cc2cc3cccc(O)c3cc2c(O)c1S(=O)(=O)Cl. The van der Waals surface area contributed by atoms with Crippen LogP contribution in [-0.2, 0) is 18.1 Å². The Kier molecular flexibility index (Phi) is 3.83. The Morgan fingerprint density at radius 3 is 2.04 bits per heavy atom. The van der Waals surface area contributed by atoms with E-state index in [1.807, 2.05) is 0 Å². The van der Waals surface area contributed by atoms with Crippen LogP contribution in [0.3, 0.4) is 0 Å². The minimum absolute atomic E-state index is 0.00675. The summed E-state index contributed by atoms with van der Waals surface area (Å²) in [5.41, 5.74) is 0. The van der Waals surface area contributed by atoms with Gasteiger partial charge < -0.3 is 10.2 Å². The standard InChI is InChI=1S/C14H8Cl2O6S2/c15-23(19,20)12-5-8-4-7-2-1-3-11(17)9(7)6-10(8)13(18)14(12)24(16,21)22/h1-6,17-18H. The van der Waals surface area contributed by atoms with Gasteiger partial charge in [-0.15, -0.1) is 0 Å². The molecule has 3 rings (SSSR count). The van der Waals surface area contributed by atoms with E-state index in [2.05, 4.69) is 0 Å². The smallest absolute Gasteiger partial charge is 0.266 e. The highest BCUT2D eigenvalue weighted by molar-refractivity contribution is 8.16. The Bertz CT molecular complexity index is 1220. The van der Waals surface area contributed by atoms with E-state index >= 15 is 0 Å². The van der Waals surface area contributed by atoms with Crippen molar-refractivity contribution in [2.45, 2.75) is 9.79 Å². The van der Waals surface area contributed by atoms with Crippen LogP contribution < -0.4 is 0 Å². The summed E-state index contributed by atoms with van der Waals surface area (Å²) in [7, 11) is 1.45. The van der Waals surface area contributed by atoms with Gasteiger partial charge >= 0.3 is 0 Å². The van der Waals surface area contributed by atoms with Crippen molar-refractivity contribution < 1.29 is 27.0 Å². The summed E-state index contributed by atoms with van der Waals surface area (Å²) in [5, 5.41) is 21.3. The molecule has 0 saturated heterocycles. The van der Waals surface area contributed by atoms with Crippen LogP contribution >= 0.6 is 21.4 Å². The van der Waals surface area contributed by atoms with E-state index in [1.54, 1.807) is 12.1 Å². The molecule has 0 fully saturated rings. The summed E-state index contributed by atoms with van der Waals surface area (Å²) in [6.07, 6.45) is 0. The molecule has 0 aliphatic heterocycles. The van der Waals surface area contributed by atoms with Crippen molar-refractivity contribution in [3.05, 3.63) is 36.4 Å². The van der Waals surface area contributed by atoms with Gasteiger partial charge in [-0.3, -0.25) is 0 Å². The maximum atomic E-state index is 11.7. The number of halogens is 2. The first kappa shape index (κ1) is 17.1. The highest BCUT2D eigenvalue weighted by Gasteiger charge is 2.29. The molecule has 0 radical (unpaired) electrons. The van der Waals surface area contributed by atoms with Crippen molar-refractivity contribution in [1.29, 1.82) is 0 Å². The quantitative estimate of drug-likeness (QED) is 0.499. The molecule has 0 aliphatic carbocycles. The highest BCUT2D eigenvalue weighted by atomic mass is 35.7. The van der Waals surface area contributed by atoms with Crippen LogP contribution in [0.15, 0.2) is 46.2 Å². The molecular formula is C14H8Cl2O6S2. The number of aromatic hydroxyl groups is 2. The third kappa shape index (κ3) is 2.75. The number of benzene rings is 3. The van der Waals surface area contributed by atoms with Gasteiger partial charge in [0.1, 0.15) is 21.3 Å². The molecule has 0 spiro atoms. The van der Waals surface area contributed by atoms with Crippen molar-refractivity contribution in [2.75, 3.05) is 0 Å². The van der Waals surface area contributed by atoms with Gasteiger partial charge in [-0.05, 0) is 35.0 Å². The molecule has 0 bridgehead atoms. The monoisotopic (exact) mass is 406 g/mol. The lowest BCUT2D eigenvalue weighted by Gasteiger charge is -2.11. The summed E-state index contributed by atoms with van der Waals surface area (Å²) in [4.78, 5) is -1.81. The van der Waals surface area contributed by atoms with Crippen molar-refractivity contribution in [1.82, 2.24) is 0 Å². The Balaban J connectivity index is 2.61. The minimum atomic E-state index is -4.61. The molecule has 6 nitrogen and oxygen atoms in total. The van der Waals surface area contributed by atoms with Crippen LogP contribution in [0.4, 0.5) is 0 Å². The van der Waals surface area contributed by atoms with Gasteiger partial charge in [-0.2, -0.15) is 0 Å². The lowest BCUT2D eigenvalue weighted by molar-refractivity contribution is 0.462. The number of hydrogen-bond donors (Lipinski definition) is 2. The summed E-state index contributed by atoms with van der Waals surface area (Å²) in [6.45, 7) is 0. The second-order valence-corrected chi connectivity index (χ2v) is 10.0. The van der Waals surface area contributed by atoms with Crippen LogP contribution in [0.1, 0.15) is 0 Å². The molecule has 3 aromatic rings. The van der Waals surface area contributed by atoms with Gasteiger partial charge in [0, 0.05) is 32.1 Å². The zero-order valence-corrected chi connectivity index (χ0v) is 14.7. The molecule has 0 heterocycles. The second kappa shape index (κ2) is 5.38. The van der Waals surface area contributed by atoms with E-state index in [-0.39, 0.29) is 16.5 Å². The van der Waals surface area contributed by atoms with Gasteiger partial charge in [0.05, 0.1) is 0 Å². The first-order valence-electron chi connectivity index (χ1n) is 6.31. The molecule has 0 amide bonds. The van der Waals surface area contributed by atoms with Crippen LogP contribution in [-0.4, -0.2) is 27.0 Å². The number of phenols is 2. The number of fused-ring (bicyclic) bond motifs is 2. The van der Waals surface area contributed by atoms with Gasteiger partial charge in [0.15, 0.2) is 0 Å². The van der Waals surface area contributed by atoms with Crippen molar-refractivity contribution in [2.24, 2.45) is 0 Å². The molecule has 2 N–H and O–H groups in total. The van der Waals surface area contributed by atoms with E-state index in [0.29, 0.717) is 10.8 Å². The fraction of sp³-hybridized carbons (Fsp3) is 0. The topological polar surface area (TPSA) is 109 Å². The van der Waals surface area contributed by atoms with Gasteiger partial charge in [0.25, 0.3) is 18.1 Å². The summed E-state index contributed by atoms with van der Waals surface area (Å²) in [6, 6.07) is 8.50. The lowest BCUT2D eigenvalue weighted by atomic mass is 10.0. The Hall–Kier alpha value is -1.74.